The van der Waals surface area contributed by atoms with Crippen molar-refractivity contribution in [1.82, 2.24) is 0 Å². The molecular weight excluding hydrogens is 186 g/mol. The molecule has 5 heteroatoms. The summed E-state index contributed by atoms with van der Waals surface area (Å²) in [6.07, 6.45) is 1.13. The number of rotatable bonds is 3. The van der Waals surface area contributed by atoms with Crippen LogP contribution in [0.2, 0.25) is 0 Å². The van der Waals surface area contributed by atoms with E-state index in [-0.39, 0.29) is 5.69 Å². The molecule has 0 aliphatic carbocycles. The number of nitrogens with zero attached hydrogens (tertiary/aromatic N) is 1. The summed E-state index contributed by atoms with van der Waals surface area (Å²) < 4.78 is 0. The SMILES string of the molecule is O=[N+]([O-])c1ccc(/C=C/C(O)O)cc1. The molecule has 5 nitrogen and oxygen atoms in total. The van der Waals surface area contributed by atoms with Crippen LogP contribution in [0.15, 0.2) is 30.3 Å². The van der Waals surface area contributed by atoms with Crippen molar-refractivity contribution in [2.75, 3.05) is 0 Å². The van der Waals surface area contributed by atoms with Crippen LogP contribution in [-0.4, -0.2) is 21.4 Å². The van der Waals surface area contributed by atoms with Gasteiger partial charge in [-0.2, -0.15) is 0 Å². The Bertz CT molecular complexity index is 342. The van der Waals surface area contributed by atoms with Crippen LogP contribution in [0, 0.1) is 10.1 Å². The molecule has 0 aliphatic heterocycles. The summed E-state index contributed by atoms with van der Waals surface area (Å²) in [7, 11) is 0. The van der Waals surface area contributed by atoms with Crippen LogP contribution in [-0.2, 0) is 0 Å². The highest BCUT2D eigenvalue weighted by molar-refractivity contribution is 5.51. The zero-order chi connectivity index (χ0) is 10.6. The van der Waals surface area contributed by atoms with Gasteiger partial charge in [0, 0.05) is 12.1 Å². The Hall–Kier alpha value is -1.72. The Labute approximate surface area is 80.1 Å². The summed E-state index contributed by atoms with van der Waals surface area (Å²) >= 11 is 0. The summed E-state index contributed by atoms with van der Waals surface area (Å²) in [6.45, 7) is 0. The number of nitro groups is 1. The minimum Gasteiger partial charge on any atom is -0.365 e. The van der Waals surface area contributed by atoms with Crippen LogP contribution in [0.25, 0.3) is 6.08 Å². The first-order valence-electron chi connectivity index (χ1n) is 3.88. The van der Waals surface area contributed by atoms with Crippen molar-refractivity contribution in [3.05, 3.63) is 46.0 Å². The summed E-state index contributed by atoms with van der Waals surface area (Å²) in [5.41, 5.74) is 0.676. The lowest BCUT2D eigenvalue weighted by Crippen LogP contribution is -1.96. The summed E-state index contributed by atoms with van der Waals surface area (Å²) in [4.78, 5) is 9.79. The van der Waals surface area contributed by atoms with Crippen LogP contribution in [0.3, 0.4) is 0 Å². The fourth-order valence-electron chi connectivity index (χ4n) is 0.904. The van der Waals surface area contributed by atoms with E-state index in [0.29, 0.717) is 5.56 Å². The Morgan fingerprint density at radius 2 is 1.86 bits per heavy atom. The van der Waals surface area contributed by atoms with Gasteiger partial charge in [0.25, 0.3) is 5.69 Å². The van der Waals surface area contributed by atoms with Crippen LogP contribution >= 0.6 is 0 Å². The lowest BCUT2D eigenvalue weighted by atomic mass is 10.2. The van der Waals surface area contributed by atoms with Gasteiger partial charge in [-0.1, -0.05) is 6.08 Å². The van der Waals surface area contributed by atoms with Gasteiger partial charge in [0.15, 0.2) is 6.29 Å². The molecule has 0 unspecified atom stereocenters. The van der Waals surface area contributed by atoms with E-state index in [1.54, 1.807) is 0 Å². The number of non-ortho nitro benzene ring substituents is 1. The lowest BCUT2D eigenvalue weighted by molar-refractivity contribution is -0.384. The van der Waals surface area contributed by atoms with E-state index in [0.717, 1.165) is 0 Å². The van der Waals surface area contributed by atoms with Gasteiger partial charge in [0.1, 0.15) is 0 Å². The predicted molar refractivity (Wildman–Crippen MR) is 50.4 cm³/mol. The Morgan fingerprint density at radius 1 is 1.29 bits per heavy atom. The van der Waals surface area contributed by atoms with Crippen molar-refractivity contribution < 1.29 is 15.1 Å². The lowest BCUT2D eigenvalue weighted by Gasteiger charge is -1.95. The first-order valence-corrected chi connectivity index (χ1v) is 3.88. The van der Waals surface area contributed by atoms with Crippen LogP contribution in [0.1, 0.15) is 5.56 Å². The van der Waals surface area contributed by atoms with Gasteiger partial charge in [0.05, 0.1) is 4.92 Å². The van der Waals surface area contributed by atoms with Gasteiger partial charge in [-0.25, -0.2) is 0 Å². The molecule has 0 heterocycles. The molecule has 0 bridgehead atoms. The van der Waals surface area contributed by atoms with Crippen molar-refractivity contribution in [2.45, 2.75) is 6.29 Å². The number of nitro benzene ring substituents is 1. The molecule has 0 saturated carbocycles. The van der Waals surface area contributed by atoms with Gasteiger partial charge >= 0.3 is 0 Å². The minimum atomic E-state index is -1.51. The summed E-state index contributed by atoms with van der Waals surface area (Å²) in [5.74, 6) is 0. The van der Waals surface area contributed by atoms with Crippen LogP contribution < -0.4 is 0 Å². The largest absolute Gasteiger partial charge is 0.365 e. The summed E-state index contributed by atoms with van der Waals surface area (Å²) in [6, 6.07) is 5.75. The molecule has 2 N–H and O–H groups in total. The maximum Gasteiger partial charge on any atom is 0.269 e. The third kappa shape index (κ3) is 2.96. The second kappa shape index (κ2) is 4.50. The molecule has 0 amide bonds. The van der Waals surface area contributed by atoms with Crippen molar-refractivity contribution in [1.29, 1.82) is 0 Å². The minimum absolute atomic E-state index is 0.00620. The van der Waals surface area contributed by atoms with E-state index in [4.69, 9.17) is 10.2 Å². The topological polar surface area (TPSA) is 83.6 Å². The molecule has 74 valence electrons. The van der Waals surface area contributed by atoms with Crippen molar-refractivity contribution in [3.63, 3.8) is 0 Å². The molecule has 0 aromatic heterocycles. The summed E-state index contributed by atoms with van der Waals surface area (Å²) in [5, 5.41) is 27.3. The first-order chi connectivity index (χ1) is 6.59. The third-order valence-electron chi connectivity index (χ3n) is 1.56. The predicted octanol–water partition coefficient (Wildman–Crippen LogP) is 0.919. The normalized spacial score (nSPS) is 11.1. The van der Waals surface area contributed by atoms with Gasteiger partial charge in [-0.05, 0) is 23.8 Å². The standard InChI is InChI=1S/C9H9NO4/c11-9(12)6-3-7-1-4-8(5-2-7)10(13)14/h1-6,9,11-12H/b6-3+. The van der Waals surface area contributed by atoms with Crippen LogP contribution in [0.4, 0.5) is 5.69 Å². The molecule has 0 spiro atoms. The smallest absolute Gasteiger partial charge is 0.269 e. The average molecular weight is 195 g/mol. The van der Waals surface area contributed by atoms with E-state index < -0.39 is 11.2 Å². The van der Waals surface area contributed by atoms with E-state index in [1.807, 2.05) is 0 Å². The monoisotopic (exact) mass is 195 g/mol. The zero-order valence-electron chi connectivity index (χ0n) is 7.20. The molecule has 0 atom stereocenters. The fourth-order valence-corrected chi connectivity index (χ4v) is 0.904. The fraction of sp³-hybridized carbons (Fsp3) is 0.111. The van der Waals surface area contributed by atoms with E-state index in [1.165, 1.54) is 36.4 Å². The number of hydrogen-bond donors (Lipinski definition) is 2. The van der Waals surface area contributed by atoms with Crippen molar-refractivity contribution in [3.8, 4) is 0 Å². The Morgan fingerprint density at radius 3 is 2.29 bits per heavy atom. The maximum absolute atomic E-state index is 10.3. The van der Waals surface area contributed by atoms with Gasteiger partial charge in [-0.15, -0.1) is 0 Å². The molecule has 0 radical (unpaired) electrons. The number of aliphatic hydroxyl groups is 2. The molecule has 0 fully saturated rings. The Kier molecular flexibility index (Phi) is 3.33. The van der Waals surface area contributed by atoms with Crippen molar-refractivity contribution in [2.24, 2.45) is 0 Å². The molecule has 14 heavy (non-hydrogen) atoms. The molecular formula is C9H9NO4. The molecule has 0 saturated heterocycles. The number of hydrogen-bond acceptors (Lipinski definition) is 4. The average Bonchev–Trinajstić information content (AvgIpc) is 2.15. The zero-order valence-corrected chi connectivity index (χ0v) is 7.20. The Balaban J connectivity index is 2.78. The van der Waals surface area contributed by atoms with Gasteiger partial charge in [-0.3, -0.25) is 10.1 Å². The van der Waals surface area contributed by atoms with E-state index in [2.05, 4.69) is 0 Å². The highest BCUT2D eigenvalue weighted by Gasteiger charge is 2.02. The van der Waals surface area contributed by atoms with Gasteiger partial charge < -0.3 is 10.2 Å². The van der Waals surface area contributed by atoms with E-state index >= 15 is 0 Å². The number of benzene rings is 1. The number of aliphatic hydroxyl groups excluding tert-OH is 1. The maximum atomic E-state index is 10.3. The first kappa shape index (κ1) is 10.4. The molecule has 1 aromatic carbocycles. The molecule has 1 aromatic rings. The molecule has 0 aliphatic rings. The van der Waals surface area contributed by atoms with Crippen molar-refractivity contribution >= 4 is 11.8 Å². The second-order valence-electron chi connectivity index (χ2n) is 2.62. The van der Waals surface area contributed by atoms with Gasteiger partial charge in [0.2, 0.25) is 0 Å². The highest BCUT2D eigenvalue weighted by atomic mass is 16.6. The van der Waals surface area contributed by atoms with E-state index in [9.17, 15) is 10.1 Å². The second-order valence-corrected chi connectivity index (χ2v) is 2.62. The van der Waals surface area contributed by atoms with Crippen LogP contribution in [0.5, 0.6) is 0 Å². The third-order valence-corrected chi connectivity index (χ3v) is 1.56. The molecule has 1 rings (SSSR count). The highest BCUT2D eigenvalue weighted by Crippen LogP contribution is 2.12. The quantitative estimate of drug-likeness (QED) is 0.426.